The zero-order valence-corrected chi connectivity index (χ0v) is 19.0. The van der Waals surface area contributed by atoms with Gasteiger partial charge < -0.3 is 30.6 Å². The summed E-state index contributed by atoms with van der Waals surface area (Å²) >= 11 is 0. The van der Waals surface area contributed by atoms with Crippen molar-refractivity contribution < 1.29 is 50.5 Å². The van der Waals surface area contributed by atoms with Crippen LogP contribution in [-0.4, -0.2) is 65.9 Å². The van der Waals surface area contributed by atoms with Crippen molar-refractivity contribution in [3.63, 3.8) is 0 Å². The number of alkyl halides is 6. The Morgan fingerprint density at radius 1 is 1.06 bits per heavy atom. The van der Waals surface area contributed by atoms with Gasteiger partial charge >= 0.3 is 18.3 Å². The molecule has 1 amide bonds. The molecule has 2 aromatic rings. The largest absolute Gasteiger partial charge is 0.464 e. The van der Waals surface area contributed by atoms with Crippen LogP contribution in [0.3, 0.4) is 0 Å². The van der Waals surface area contributed by atoms with Crippen LogP contribution < -0.4 is 11.1 Å². The van der Waals surface area contributed by atoms with E-state index in [1.807, 2.05) is 0 Å². The van der Waals surface area contributed by atoms with Crippen molar-refractivity contribution in [2.45, 2.75) is 62.8 Å². The van der Waals surface area contributed by atoms with E-state index in [9.17, 15) is 41.0 Å². The number of carbonyl (C=O) groups is 2. The summed E-state index contributed by atoms with van der Waals surface area (Å²) in [5.41, 5.74) is 7.00. The molecule has 0 fully saturated rings. The molecule has 5 N–H and O–H groups in total. The third kappa shape index (κ3) is 10.4. The summed E-state index contributed by atoms with van der Waals surface area (Å²) < 4.78 is 83.1. The van der Waals surface area contributed by atoms with Crippen LogP contribution in [0.5, 0.6) is 0 Å². The smallest absolute Gasteiger partial charge is 0.392 e. The first-order valence-corrected chi connectivity index (χ1v) is 10.9. The number of nitrogens with one attached hydrogen (secondary N) is 2. The van der Waals surface area contributed by atoms with Gasteiger partial charge in [0.1, 0.15) is 12.6 Å². The second kappa shape index (κ2) is 12.9. The summed E-state index contributed by atoms with van der Waals surface area (Å²) in [5, 5.41) is 12.8. The molecule has 0 radical (unpaired) electrons. The maximum atomic E-state index is 12.5. The fraction of sp³-hybridized carbons (Fsp3) is 0.545. The van der Waals surface area contributed by atoms with Gasteiger partial charge in [-0.3, -0.25) is 4.79 Å². The Morgan fingerprint density at radius 3 is 2.36 bits per heavy atom. The summed E-state index contributed by atoms with van der Waals surface area (Å²) in [6.45, 7) is -1.74. The number of amides is 1. The molecule has 14 heteroatoms. The minimum Gasteiger partial charge on any atom is -0.464 e. The number of aliphatic hydroxyl groups excluding tert-OH is 1. The molecule has 3 atom stereocenters. The van der Waals surface area contributed by atoms with Gasteiger partial charge in [0.05, 0.1) is 25.5 Å². The standard InChI is InChI=1S/C22H27F6N3O5/c23-21(24,25)7-9-35-19(33)15(29)5-6-18(32)31-17(20(34)36-10-8-22(26,27)28)11-13-12-30-16-4-2-1-3-14(13)16/h1-4,12,15,17,19,30,33H,5-11,29H2,(H,31,32)/t15-,17-,19?/m1/s1. The number of rotatable bonds is 13. The van der Waals surface area contributed by atoms with E-state index < -0.39 is 68.7 Å². The van der Waals surface area contributed by atoms with Crippen molar-refractivity contribution >= 4 is 22.8 Å². The van der Waals surface area contributed by atoms with E-state index in [1.54, 1.807) is 30.5 Å². The quantitative estimate of drug-likeness (QED) is 0.180. The van der Waals surface area contributed by atoms with Crippen molar-refractivity contribution in [1.29, 1.82) is 0 Å². The molecule has 8 nitrogen and oxygen atoms in total. The number of nitrogens with two attached hydrogens (primary N) is 1. The van der Waals surface area contributed by atoms with Crippen LogP contribution in [0.1, 0.15) is 31.2 Å². The number of ether oxygens (including phenoxy) is 2. The first-order chi connectivity index (χ1) is 16.7. The molecule has 202 valence electrons. The Morgan fingerprint density at radius 2 is 1.69 bits per heavy atom. The molecule has 0 saturated carbocycles. The number of aromatic amines is 1. The predicted octanol–water partition coefficient (Wildman–Crippen LogP) is 3.09. The van der Waals surface area contributed by atoms with E-state index >= 15 is 0 Å². The molecule has 1 unspecified atom stereocenters. The zero-order chi connectivity index (χ0) is 26.9. The van der Waals surface area contributed by atoms with Crippen LogP contribution in [0.4, 0.5) is 26.3 Å². The minimum atomic E-state index is -4.53. The van der Waals surface area contributed by atoms with E-state index in [-0.39, 0.29) is 19.3 Å². The van der Waals surface area contributed by atoms with Gasteiger partial charge in [-0.15, -0.1) is 0 Å². The van der Waals surface area contributed by atoms with Crippen LogP contribution in [0.2, 0.25) is 0 Å². The molecule has 0 spiro atoms. The number of halogens is 6. The first-order valence-electron chi connectivity index (χ1n) is 10.9. The molecule has 0 aliphatic carbocycles. The van der Waals surface area contributed by atoms with Gasteiger partial charge in [0.2, 0.25) is 5.91 Å². The molecule has 36 heavy (non-hydrogen) atoms. The summed E-state index contributed by atoms with van der Waals surface area (Å²) in [6, 6.07) is 4.53. The number of carbonyl (C=O) groups excluding carboxylic acids is 2. The lowest BCUT2D eigenvalue weighted by Gasteiger charge is -2.21. The number of hydrogen-bond acceptors (Lipinski definition) is 6. The Balaban J connectivity index is 1.96. The van der Waals surface area contributed by atoms with Crippen molar-refractivity contribution in [2.24, 2.45) is 5.73 Å². The van der Waals surface area contributed by atoms with Crippen LogP contribution in [-0.2, 0) is 25.5 Å². The van der Waals surface area contributed by atoms with Crippen molar-refractivity contribution in [3.05, 3.63) is 36.0 Å². The molecule has 0 bridgehead atoms. The van der Waals surface area contributed by atoms with E-state index in [0.717, 1.165) is 10.9 Å². The SMILES string of the molecule is N[C@H](CCC(=O)N[C@H](Cc1c[nH]c2ccccc12)C(=O)OCCC(F)(F)F)C(O)OCCC(F)(F)F. The summed E-state index contributed by atoms with van der Waals surface area (Å²) in [5.74, 6) is -1.80. The zero-order valence-electron chi connectivity index (χ0n) is 19.0. The fourth-order valence-corrected chi connectivity index (χ4v) is 3.21. The molecule has 1 heterocycles. The Labute approximate surface area is 202 Å². The molecule has 1 aromatic carbocycles. The molecule has 0 aliphatic heterocycles. The Bertz CT molecular complexity index is 994. The summed E-state index contributed by atoms with van der Waals surface area (Å²) in [6.07, 6.45) is -12.4. The maximum Gasteiger partial charge on any atom is 0.392 e. The average molecular weight is 527 g/mol. The van der Waals surface area contributed by atoms with Crippen LogP contribution in [0, 0.1) is 0 Å². The van der Waals surface area contributed by atoms with Crippen molar-refractivity contribution in [2.75, 3.05) is 13.2 Å². The van der Waals surface area contributed by atoms with Crippen LogP contribution in [0.15, 0.2) is 30.5 Å². The van der Waals surface area contributed by atoms with Crippen LogP contribution >= 0.6 is 0 Å². The molecular weight excluding hydrogens is 500 g/mol. The van der Waals surface area contributed by atoms with E-state index in [1.165, 1.54) is 0 Å². The third-order valence-electron chi connectivity index (χ3n) is 5.09. The lowest BCUT2D eigenvalue weighted by atomic mass is 10.0. The first kappa shape index (κ1) is 29.4. The molecule has 2 rings (SSSR count). The van der Waals surface area contributed by atoms with Gasteiger partial charge in [-0.1, -0.05) is 18.2 Å². The minimum absolute atomic E-state index is 0.0875. The molecule has 0 aliphatic rings. The number of para-hydroxylation sites is 1. The average Bonchev–Trinajstić information content (AvgIpc) is 3.18. The van der Waals surface area contributed by atoms with E-state index in [2.05, 4.69) is 15.0 Å². The summed E-state index contributed by atoms with van der Waals surface area (Å²) in [4.78, 5) is 27.9. The Kier molecular flexibility index (Phi) is 10.5. The topological polar surface area (TPSA) is 127 Å². The fourth-order valence-electron chi connectivity index (χ4n) is 3.21. The van der Waals surface area contributed by atoms with Gasteiger partial charge in [-0.2, -0.15) is 26.3 Å². The molecular formula is C22H27F6N3O5. The van der Waals surface area contributed by atoms with E-state index in [4.69, 9.17) is 10.5 Å². The Hall–Kier alpha value is -2.84. The number of benzene rings is 1. The van der Waals surface area contributed by atoms with Crippen molar-refractivity contribution in [1.82, 2.24) is 10.3 Å². The number of aliphatic hydroxyl groups is 1. The number of H-pyrrole nitrogens is 1. The molecule has 0 saturated heterocycles. The number of esters is 1. The highest BCUT2D eigenvalue weighted by Gasteiger charge is 2.30. The number of hydrogen-bond donors (Lipinski definition) is 4. The summed E-state index contributed by atoms with van der Waals surface area (Å²) in [7, 11) is 0. The van der Waals surface area contributed by atoms with E-state index in [0.29, 0.717) is 5.56 Å². The lowest BCUT2D eigenvalue weighted by Crippen LogP contribution is -2.44. The van der Waals surface area contributed by atoms with Gasteiger partial charge in [-0.05, 0) is 18.1 Å². The van der Waals surface area contributed by atoms with Crippen molar-refractivity contribution in [3.8, 4) is 0 Å². The predicted molar refractivity (Wildman–Crippen MR) is 115 cm³/mol. The highest BCUT2D eigenvalue weighted by Crippen LogP contribution is 2.22. The second-order valence-electron chi connectivity index (χ2n) is 8.05. The number of aromatic nitrogens is 1. The highest BCUT2D eigenvalue weighted by atomic mass is 19.4. The second-order valence-corrected chi connectivity index (χ2v) is 8.05. The highest BCUT2D eigenvalue weighted by molar-refractivity contribution is 5.87. The van der Waals surface area contributed by atoms with Gasteiger partial charge in [-0.25, -0.2) is 4.79 Å². The number of fused-ring (bicyclic) bond motifs is 1. The van der Waals surface area contributed by atoms with Crippen LogP contribution in [0.25, 0.3) is 10.9 Å². The van der Waals surface area contributed by atoms with Gasteiger partial charge in [0.15, 0.2) is 6.29 Å². The lowest BCUT2D eigenvalue weighted by molar-refractivity contribution is -0.172. The maximum absolute atomic E-state index is 12.5. The monoisotopic (exact) mass is 527 g/mol. The third-order valence-corrected chi connectivity index (χ3v) is 5.09. The van der Waals surface area contributed by atoms with Gasteiger partial charge in [0.25, 0.3) is 0 Å². The van der Waals surface area contributed by atoms with Gasteiger partial charge in [0, 0.05) is 29.9 Å². The normalized spacial score (nSPS) is 14.9. The molecule has 1 aromatic heterocycles.